The van der Waals surface area contributed by atoms with Gasteiger partial charge in [0.25, 0.3) is 5.91 Å². The lowest BCUT2D eigenvalue weighted by Gasteiger charge is -2.33. The predicted octanol–water partition coefficient (Wildman–Crippen LogP) is 4.47. The van der Waals surface area contributed by atoms with E-state index in [4.69, 9.17) is 0 Å². The fourth-order valence-corrected chi connectivity index (χ4v) is 5.04. The number of likely N-dealkylation sites (tertiary alicyclic amines) is 1. The topological polar surface area (TPSA) is 66.7 Å². The van der Waals surface area contributed by atoms with Gasteiger partial charge in [-0.15, -0.1) is 0 Å². The number of aromatic nitrogens is 2. The Morgan fingerprint density at radius 3 is 2.58 bits per heavy atom. The van der Waals surface area contributed by atoms with E-state index in [0.29, 0.717) is 18.0 Å². The summed E-state index contributed by atoms with van der Waals surface area (Å²) in [4.78, 5) is 31.7. The molecular weight excluding hydrogens is 412 g/mol. The molecule has 6 nitrogen and oxygen atoms in total. The zero-order valence-electron chi connectivity index (χ0n) is 19.1. The molecule has 0 bridgehead atoms. The number of imidazole rings is 1. The van der Waals surface area contributed by atoms with Gasteiger partial charge in [0.1, 0.15) is 5.65 Å². The summed E-state index contributed by atoms with van der Waals surface area (Å²) < 4.78 is 1.94. The number of amides is 2. The molecule has 3 heterocycles. The van der Waals surface area contributed by atoms with Crippen LogP contribution in [0.3, 0.4) is 0 Å². The summed E-state index contributed by atoms with van der Waals surface area (Å²) in [5, 5.41) is 3.00. The molecule has 1 fully saturated rings. The number of rotatable bonds is 5. The maximum absolute atomic E-state index is 12.8. The minimum Gasteiger partial charge on any atom is -0.348 e. The van der Waals surface area contributed by atoms with Crippen molar-refractivity contribution in [2.24, 2.45) is 0 Å². The number of pyridine rings is 1. The fraction of sp³-hybridized carbons (Fsp3) is 0.370. The third-order valence-electron chi connectivity index (χ3n) is 7.09. The average molecular weight is 443 g/mol. The highest BCUT2D eigenvalue weighted by atomic mass is 16.2. The highest BCUT2D eigenvalue weighted by Gasteiger charge is 2.28. The van der Waals surface area contributed by atoms with E-state index in [2.05, 4.69) is 29.4 Å². The van der Waals surface area contributed by atoms with Crippen LogP contribution >= 0.6 is 0 Å². The molecule has 0 radical (unpaired) electrons. The molecule has 0 atom stereocenters. The first kappa shape index (κ1) is 21.4. The van der Waals surface area contributed by atoms with Crippen molar-refractivity contribution in [3.8, 4) is 0 Å². The Labute approximate surface area is 194 Å². The molecule has 3 aromatic rings. The number of fused-ring (bicyclic) bond motifs is 1. The largest absolute Gasteiger partial charge is 0.348 e. The molecule has 170 valence electrons. The van der Waals surface area contributed by atoms with Crippen LogP contribution in [0.25, 0.3) is 5.65 Å². The van der Waals surface area contributed by atoms with Gasteiger partial charge in [-0.25, -0.2) is 4.98 Å². The summed E-state index contributed by atoms with van der Waals surface area (Å²) in [5.41, 5.74) is 6.13. The summed E-state index contributed by atoms with van der Waals surface area (Å²) in [5.74, 6) is 0.610. The van der Waals surface area contributed by atoms with Crippen LogP contribution in [0.4, 0.5) is 0 Å². The molecule has 6 heteroatoms. The van der Waals surface area contributed by atoms with Gasteiger partial charge in [0.15, 0.2) is 0 Å². The zero-order chi connectivity index (χ0) is 22.8. The Hall–Kier alpha value is -3.41. The first-order chi connectivity index (χ1) is 16.1. The Kier molecular flexibility index (Phi) is 5.99. The number of nitrogens with one attached hydrogen (secondary N) is 1. The summed E-state index contributed by atoms with van der Waals surface area (Å²) in [6.07, 6.45) is 10.7. The quantitative estimate of drug-likeness (QED) is 0.634. The van der Waals surface area contributed by atoms with Crippen molar-refractivity contribution >= 4 is 17.5 Å². The lowest BCUT2D eigenvalue weighted by Crippen LogP contribution is -2.38. The van der Waals surface area contributed by atoms with Crippen molar-refractivity contribution in [1.82, 2.24) is 19.6 Å². The van der Waals surface area contributed by atoms with Crippen LogP contribution in [-0.4, -0.2) is 39.2 Å². The number of carbonyl (C=O) groups is 2. The number of hydrogen-bond acceptors (Lipinski definition) is 3. The number of nitrogens with zero attached hydrogens (tertiary/aromatic N) is 3. The molecule has 0 saturated carbocycles. The third-order valence-corrected chi connectivity index (χ3v) is 7.09. The molecule has 2 amide bonds. The molecule has 2 aliphatic rings. The minimum atomic E-state index is -0.0783. The van der Waals surface area contributed by atoms with Crippen LogP contribution in [0, 0.1) is 0 Å². The summed E-state index contributed by atoms with van der Waals surface area (Å²) in [6, 6.07) is 11.9. The number of benzene rings is 1. The maximum Gasteiger partial charge on any atom is 0.251 e. The second-order valence-corrected chi connectivity index (χ2v) is 9.21. The van der Waals surface area contributed by atoms with Crippen molar-refractivity contribution < 1.29 is 9.59 Å². The van der Waals surface area contributed by atoms with E-state index < -0.39 is 0 Å². The van der Waals surface area contributed by atoms with E-state index in [0.717, 1.165) is 62.0 Å². The van der Waals surface area contributed by atoms with Gasteiger partial charge < -0.3 is 14.6 Å². The van der Waals surface area contributed by atoms with Gasteiger partial charge >= 0.3 is 0 Å². The van der Waals surface area contributed by atoms with Crippen molar-refractivity contribution in [3.63, 3.8) is 0 Å². The molecule has 1 aliphatic carbocycles. The number of allylic oxidation sites excluding steroid dienone is 1. The van der Waals surface area contributed by atoms with E-state index in [1.165, 1.54) is 11.1 Å². The first-order valence-corrected chi connectivity index (χ1v) is 11.9. The lowest BCUT2D eigenvalue weighted by atomic mass is 9.88. The van der Waals surface area contributed by atoms with Gasteiger partial charge in [-0.3, -0.25) is 9.59 Å². The summed E-state index contributed by atoms with van der Waals surface area (Å²) >= 11 is 0. The van der Waals surface area contributed by atoms with Crippen LogP contribution in [0.15, 0.2) is 66.1 Å². The summed E-state index contributed by atoms with van der Waals surface area (Å²) in [7, 11) is 0. The van der Waals surface area contributed by atoms with Crippen LogP contribution in [0.1, 0.15) is 66.4 Å². The molecule has 2 aromatic heterocycles. The van der Waals surface area contributed by atoms with Gasteiger partial charge in [-0.1, -0.05) is 17.7 Å². The van der Waals surface area contributed by atoms with Gasteiger partial charge in [0, 0.05) is 49.4 Å². The highest BCUT2D eigenvalue weighted by Crippen LogP contribution is 2.32. The maximum atomic E-state index is 12.8. The van der Waals surface area contributed by atoms with E-state index in [9.17, 15) is 9.59 Å². The summed E-state index contributed by atoms with van der Waals surface area (Å²) in [6.45, 7) is 4.18. The number of hydrogen-bond donors (Lipinski definition) is 1. The average Bonchev–Trinajstić information content (AvgIpc) is 3.50. The van der Waals surface area contributed by atoms with Gasteiger partial charge in [-0.05, 0) is 80.3 Å². The molecule has 1 N–H and O–H groups in total. The third kappa shape index (κ3) is 4.56. The Morgan fingerprint density at radius 1 is 1.06 bits per heavy atom. The SMILES string of the molecule is CC1=C(C(=O)N2CCC(c3ccc(C(=O)NCc4ccn5ccnc5c4)cc3)CC2)CCC1. The zero-order valence-corrected chi connectivity index (χ0v) is 19.1. The van der Waals surface area contributed by atoms with Crippen LogP contribution in [-0.2, 0) is 11.3 Å². The molecule has 1 saturated heterocycles. The van der Waals surface area contributed by atoms with Gasteiger partial charge in [-0.2, -0.15) is 0 Å². The Bertz CT molecular complexity index is 1200. The molecule has 1 aromatic carbocycles. The van der Waals surface area contributed by atoms with Crippen LogP contribution in [0.5, 0.6) is 0 Å². The predicted molar refractivity (Wildman–Crippen MR) is 128 cm³/mol. The Morgan fingerprint density at radius 2 is 1.85 bits per heavy atom. The van der Waals surface area contributed by atoms with Crippen molar-refractivity contribution in [1.29, 1.82) is 0 Å². The monoisotopic (exact) mass is 442 g/mol. The standard InChI is InChI=1S/C27H30N4O2/c1-19-3-2-4-24(19)27(33)31-14-10-22(11-15-31)21-5-7-23(8-6-21)26(32)29-18-20-9-13-30-16-12-28-25(30)17-20/h5-9,12-13,16-17,22H,2-4,10-11,14-15,18H2,1H3,(H,29,32). The second-order valence-electron chi connectivity index (χ2n) is 9.21. The Balaban J connectivity index is 1.14. The molecule has 0 spiro atoms. The molecule has 1 aliphatic heterocycles. The second kappa shape index (κ2) is 9.22. The molecular formula is C27H30N4O2. The molecule has 33 heavy (non-hydrogen) atoms. The van der Waals surface area contributed by atoms with Gasteiger partial charge in [0.05, 0.1) is 0 Å². The van der Waals surface area contributed by atoms with Crippen molar-refractivity contribution in [2.75, 3.05) is 13.1 Å². The smallest absolute Gasteiger partial charge is 0.251 e. The first-order valence-electron chi connectivity index (χ1n) is 11.9. The molecule has 5 rings (SSSR count). The molecule has 0 unspecified atom stereocenters. The van der Waals surface area contributed by atoms with Crippen LogP contribution < -0.4 is 5.32 Å². The van der Waals surface area contributed by atoms with Crippen LogP contribution in [0.2, 0.25) is 0 Å². The number of piperidine rings is 1. The van der Waals surface area contributed by atoms with E-state index in [1.54, 1.807) is 6.20 Å². The van der Waals surface area contributed by atoms with E-state index >= 15 is 0 Å². The normalized spacial score (nSPS) is 17.1. The highest BCUT2D eigenvalue weighted by molar-refractivity contribution is 5.95. The number of carbonyl (C=O) groups excluding carboxylic acids is 2. The fourth-order valence-electron chi connectivity index (χ4n) is 5.04. The minimum absolute atomic E-state index is 0.0783. The van der Waals surface area contributed by atoms with E-state index in [-0.39, 0.29) is 11.8 Å². The van der Waals surface area contributed by atoms with E-state index in [1.807, 2.05) is 46.0 Å². The van der Waals surface area contributed by atoms with Crippen molar-refractivity contribution in [3.05, 3.63) is 82.8 Å². The van der Waals surface area contributed by atoms with Gasteiger partial charge in [0.2, 0.25) is 5.91 Å². The van der Waals surface area contributed by atoms with Crippen molar-refractivity contribution in [2.45, 2.75) is 51.5 Å². The lowest BCUT2D eigenvalue weighted by molar-refractivity contribution is -0.128.